The van der Waals surface area contributed by atoms with Gasteiger partial charge < -0.3 is 10.5 Å². The van der Waals surface area contributed by atoms with Crippen molar-refractivity contribution in [2.45, 2.75) is 38.9 Å². The van der Waals surface area contributed by atoms with Gasteiger partial charge in [-0.05, 0) is 31.3 Å². The van der Waals surface area contributed by atoms with Crippen LogP contribution in [0, 0.1) is 5.92 Å². The maximum atomic E-state index is 12.8. The Morgan fingerprint density at radius 2 is 2.12 bits per heavy atom. The van der Waals surface area contributed by atoms with E-state index < -0.39 is 23.8 Å². The van der Waals surface area contributed by atoms with Crippen LogP contribution in [0.5, 0.6) is 0 Å². The summed E-state index contributed by atoms with van der Waals surface area (Å²) in [6, 6.07) is -0.703. The molecule has 0 aromatic heterocycles. The second kappa shape index (κ2) is 5.08. The Labute approximate surface area is 97.8 Å². The van der Waals surface area contributed by atoms with Crippen LogP contribution < -0.4 is 5.73 Å². The minimum atomic E-state index is -4.71. The average Bonchev–Trinajstić information content (AvgIpc) is 2.43. The number of nitrogens with two attached hydrogens (primary N) is 1. The van der Waals surface area contributed by atoms with Crippen LogP contribution in [-0.2, 0) is 9.53 Å². The summed E-state index contributed by atoms with van der Waals surface area (Å²) < 4.78 is 42.9. The Kier molecular flexibility index (Phi) is 4.19. The van der Waals surface area contributed by atoms with Crippen LogP contribution >= 0.6 is 0 Å². The van der Waals surface area contributed by atoms with Gasteiger partial charge in [-0.1, -0.05) is 6.92 Å². The summed E-state index contributed by atoms with van der Waals surface area (Å²) in [4.78, 5) is 11.4. The SMILES string of the molecule is CCOC(=O)/C(=C1/C[C@H](C)C[C@@H]1N)C(F)(F)F. The first-order valence-electron chi connectivity index (χ1n) is 5.50. The van der Waals surface area contributed by atoms with Gasteiger partial charge in [0.25, 0.3) is 0 Å². The fourth-order valence-corrected chi connectivity index (χ4v) is 2.11. The van der Waals surface area contributed by atoms with Crippen LogP contribution in [0.25, 0.3) is 0 Å². The number of carbonyl (C=O) groups is 1. The van der Waals surface area contributed by atoms with E-state index in [9.17, 15) is 18.0 Å². The fraction of sp³-hybridized carbons (Fsp3) is 0.727. The van der Waals surface area contributed by atoms with Gasteiger partial charge in [-0.15, -0.1) is 0 Å². The summed E-state index contributed by atoms with van der Waals surface area (Å²) in [6.45, 7) is 3.19. The molecule has 0 bridgehead atoms. The molecule has 98 valence electrons. The van der Waals surface area contributed by atoms with Crippen molar-refractivity contribution in [3.05, 3.63) is 11.1 Å². The monoisotopic (exact) mass is 251 g/mol. The van der Waals surface area contributed by atoms with E-state index in [2.05, 4.69) is 4.74 Å². The first kappa shape index (κ1) is 14.0. The summed E-state index contributed by atoms with van der Waals surface area (Å²) >= 11 is 0. The molecule has 0 spiro atoms. The van der Waals surface area contributed by atoms with Gasteiger partial charge in [0, 0.05) is 6.04 Å². The van der Waals surface area contributed by atoms with Crippen molar-refractivity contribution in [3.8, 4) is 0 Å². The van der Waals surface area contributed by atoms with Crippen molar-refractivity contribution in [1.29, 1.82) is 0 Å². The molecule has 1 rings (SSSR count). The molecule has 6 heteroatoms. The summed E-state index contributed by atoms with van der Waals surface area (Å²) in [5.41, 5.74) is 4.40. The van der Waals surface area contributed by atoms with Gasteiger partial charge in [0.2, 0.25) is 0 Å². The minimum Gasteiger partial charge on any atom is -0.462 e. The third-order valence-electron chi connectivity index (χ3n) is 2.76. The Hall–Kier alpha value is -1.04. The van der Waals surface area contributed by atoms with Crippen molar-refractivity contribution in [2.75, 3.05) is 6.61 Å². The van der Waals surface area contributed by atoms with Crippen molar-refractivity contribution >= 4 is 5.97 Å². The van der Waals surface area contributed by atoms with Gasteiger partial charge in [-0.3, -0.25) is 0 Å². The molecule has 1 fully saturated rings. The van der Waals surface area contributed by atoms with Crippen LogP contribution in [-0.4, -0.2) is 24.8 Å². The molecule has 0 unspecified atom stereocenters. The summed E-state index contributed by atoms with van der Waals surface area (Å²) in [5, 5.41) is 0. The zero-order valence-corrected chi connectivity index (χ0v) is 9.80. The number of halogens is 3. The highest BCUT2D eigenvalue weighted by molar-refractivity contribution is 5.91. The number of ether oxygens (including phenoxy) is 1. The first-order valence-corrected chi connectivity index (χ1v) is 5.50. The molecule has 3 nitrogen and oxygen atoms in total. The van der Waals surface area contributed by atoms with Gasteiger partial charge in [-0.2, -0.15) is 13.2 Å². The molecular formula is C11H16F3NO2. The lowest BCUT2D eigenvalue weighted by Crippen LogP contribution is -2.29. The highest BCUT2D eigenvalue weighted by Crippen LogP contribution is 2.38. The topological polar surface area (TPSA) is 52.3 Å². The van der Waals surface area contributed by atoms with E-state index in [0.717, 1.165) is 0 Å². The number of esters is 1. The largest absolute Gasteiger partial charge is 0.462 e. The summed E-state index contributed by atoms with van der Waals surface area (Å²) in [5.74, 6) is -1.26. The Morgan fingerprint density at radius 3 is 2.47 bits per heavy atom. The Balaban J connectivity index is 3.14. The molecule has 2 atom stereocenters. The quantitative estimate of drug-likeness (QED) is 0.604. The number of hydrogen-bond donors (Lipinski definition) is 1. The van der Waals surface area contributed by atoms with Crippen LogP contribution in [0.15, 0.2) is 11.1 Å². The number of hydrogen-bond acceptors (Lipinski definition) is 3. The van der Waals surface area contributed by atoms with E-state index in [0.29, 0.717) is 6.42 Å². The van der Waals surface area contributed by atoms with Crippen molar-refractivity contribution < 1.29 is 22.7 Å². The lowest BCUT2D eigenvalue weighted by atomic mass is 10.0. The van der Waals surface area contributed by atoms with E-state index in [1.54, 1.807) is 0 Å². The van der Waals surface area contributed by atoms with E-state index in [-0.39, 0.29) is 24.5 Å². The zero-order valence-electron chi connectivity index (χ0n) is 9.80. The van der Waals surface area contributed by atoms with E-state index >= 15 is 0 Å². The third-order valence-corrected chi connectivity index (χ3v) is 2.76. The van der Waals surface area contributed by atoms with Gasteiger partial charge in [-0.25, -0.2) is 4.79 Å². The molecule has 1 aliphatic carbocycles. The van der Waals surface area contributed by atoms with E-state index in [1.807, 2.05) is 6.92 Å². The van der Waals surface area contributed by atoms with Crippen LogP contribution in [0.4, 0.5) is 13.2 Å². The Morgan fingerprint density at radius 1 is 1.53 bits per heavy atom. The van der Waals surface area contributed by atoms with Crippen molar-refractivity contribution in [3.63, 3.8) is 0 Å². The number of rotatable bonds is 2. The van der Waals surface area contributed by atoms with Crippen LogP contribution in [0.3, 0.4) is 0 Å². The molecular weight excluding hydrogens is 235 g/mol. The van der Waals surface area contributed by atoms with Gasteiger partial charge in [0.05, 0.1) is 6.61 Å². The standard InChI is InChI=1S/C11H16F3NO2/c1-3-17-10(16)9(11(12,13)14)7-4-6(2)5-8(7)15/h6,8H,3-5,15H2,1-2H3/b9-7+/t6-,8-/m0/s1. The fourth-order valence-electron chi connectivity index (χ4n) is 2.11. The molecule has 2 N–H and O–H groups in total. The third kappa shape index (κ3) is 3.21. The average molecular weight is 251 g/mol. The smallest absolute Gasteiger partial charge is 0.423 e. The Bertz CT molecular complexity index is 336. The second-order valence-electron chi connectivity index (χ2n) is 4.27. The van der Waals surface area contributed by atoms with Crippen molar-refractivity contribution in [1.82, 2.24) is 0 Å². The molecule has 1 saturated carbocycles. The molecule has 0 saturated heterocycles. The zero-order chi connectivity index (χ0) is 13.2. The molecule has 0 aliphatic heterocycles. The lowest BCUT2D eigenvalue weighted by Gasteiger charge is -2.16. The summed E-state index contributed by atoms with van der Waals surface area (Å²) in [7, 11) is 0. The summed E-state index contributed by atoms with van der Waals surface area (Å²) in [6.07, 6.45) is -4.04. The number of alkyl halides is 3. The normalized spacial score (nSPS) is 28.1. The number of carbonyl (C=O) groups excluding carboxylic acids is 1. The highest BCUT2D eigenvalue weighted by Gasteiger charge is 2.44. The van der Waals surface area contributed by atoms with E-state index in [4.69, 9.17) is 5.73 Å². The maximum Gasteiger partial charge on any atom is 0.423 e. The van der Waals surface area contributed by atoms with Gasteiger partial charge in [0.15, 0.2) is 0 Å². The van der Waals surface area contributed by atoms with Crippen molar-refractivity contribution in [2.24, 2.45) is 11.7 Å². The minimum absolute atomic E-state index is 0.0246. The van der Waals surface area contributed by atoms with Crippen LogP contribution in [0.1, 0.15) is 26.7 Å². The predicted octanol–water partition coefficient (Wildman–Crippen LogP) is 2.17. The van der Waals surface area contributed by atoms with Gasteiger partial charge >= 0.3 is 12.1 Å². The maximum absolute atomic E-state index is 12.8. The molecule has 17 heavy (non-hydrogen) atoms. The second-order valence-corrected chi connectivity index (χ2v) is 4.27. The lowest BCUT2D eigenvalue weighted by molar-refractivity contribution is -0.150. The molecule has 0 aromatic rings. The molecule has 0 heterocycles. The molecule has 0 aromatic carbocycles. The van der Waals surface area contributed by atoms with Crippen LogP contribution in [0.2, 0.25) is 0 Å². The molecule has 1 aliphatic rings. The van der Waals surface area contributed by atoms with Gasteiger partial charge in [0.1, 0.15) is 5.57 Å². The van der Waals surface area contributed by atoms with E-state index in [1.165, 1.54) is 6.92 Å². The first-order chi connectivity index (χ1) is 7.77. The highest BCUT2D eigenvalue weighted by atomic mass is 19.4. The molecule has 0 amide bonds. The molecule has 0 radical (unpaired) electrons. The predicted molar refractivity (Wildman–Crippen MR) is 56.1 cm³/mol.